The number of amides is 4. The van der Waals surface area contributed by atoms with E-state index in [2.05, 4.69) is 16.7 Å². The second-order valence-electron chi connectivity index (χ2n) is 10.6. The fraction of sp³-hybridized carbons (Fsp3) is 0.235. The molecule has 4 aromatic rings. The number of carbonyl (C=O) groups is 4. The third-order valence-corrected chi connectivity index (χ3v) is 7.55. The predicted octanol–water partition coefficient (Wildman–Crippen LogP) is 4.17. The monoisotopic (exact) mass is 579 g/mol. The number of rotatable bonds is 12. The maximum Gasteiger partial charge on any atom is 0.258 e. The normalized spacial score (nSPS) is 12.3. The van der Waals surface area contributed by atoms with Crippen LogP contribution in [-0.2, 0) is 16.1 Å². The summed E-state index contributed by atoms with van der Waals surface area (Å²) < 4.78 is 0. The lowest BCUT2D eigenvalue weighted by atomic mass is 9.99. The summed E-state index contributed by atoms with van der Waals surface area (Å²) in [5.74, 6) is -1.16. The number of benzene rings is 4. The van der Waals surface area contributed by atoms with Crippen molar-refractivity contribution in [3.05, 3.63) is 107 Å². The highest BCUT2D eigenvalue weighted by atomic mass is 16.2. The Labute approximate surface area is 251 Å². The van der Waals surface area contributed by atoms with Crippen molar-refractivity contribution in [3.63, 3.8) is 0 Å². The van der Waals surface area contributed by atoms with Gasteiger partial charge in [0.25, 0.3) is 5.91 Å². The maximum absolute atomic E-state index is 14.1. The molecule has 9 nitrogen and oxygen atoms in total. The number of hydrogen-bond donors (Lipinski definition) is 3. The van der Waals surface area contributed by atoms with Crippen LogP contribution in [0.15, 0.2) is 84.9 Å². The molecule has 2 atom stereocenters. The lowest BCUT2D eigenvalue weighted by molar-refractivity contribution is -0.123. The van der Waals surface area contributed by atoms with E-state index < -0.39 is 18.0 Å². The van der Waals surface area contributed by atoms with Crippen molar-refractivity contribution in [2.75, 3.05) is 23.4 Å². The van der Waals surface area contributed by atoms with Crippen LogP contribution in [0.1, 0.15) is 45.7 Å². The third kappa shape index (κ3) is 7.07. The molecule has 0 aliphatic heterocycles. The highest BCUT2D eigenvalue weighted by Gasteiger charge is 2.26. The van der Waals surface area contributed by atoms with Crippen LogP contribution in [-0.4, -0.2) is 49.8 Å². The number of primary amides is 1. The molecule has 0 heterocycles. The summed E-state index contributed by atoms with van der Waals surface area (Å²) in [5, 5.41) is 7.98. The van der Waals surface area contributed by atoms with E-state index in [1.807, 2.05) is 50.2 Å². The first-order chi connectivity index (χ1) is 20.6. The summed E-state index contributed by atoms with van der Waals surface area (Å²) in [5.41, 5.74) is 9.08. The summed E-state index contributed by atoms with van der Waals surface area (Å²) in [4.78, 5) is 54.1. The molecule has 0 saturated heterocycles. The highest BCUT2D eigenvalue weighted by Crippen LogP contribution is 2.33. The Morgan fingerprint density at radius 3 is 2.14 bits per heavy atom. The van der Waals surface area contributed by atoms with Crippen LogP contribution in [0.2, 0.25) is 0 Å². The van der Waals surface area contributed by atoms with Crippen LogP contribution in [0.4, 0.5) is 11.4 Å². The van der Waals surface area contributed by atoms with Gasteiger partial charge in [0.2, 0.25) is 18.2 Å². The van der Waals surface area contributed by atoms with E-state index in [9.17, 15) is 19.2 Å². The maximum atomic E-state index is 14.1. The number of para-hydroxylation sites is 2. The van der Waals surface area contributed by atoms with Gasteiger partial charge in [-0.05, 0) is 86.1 Å². The van der Waals surface area contributed by atoms with E-state index in [0.717, 1.165) is 28.3 Å². The molecule has 43 heavy (non-hydrogen) atoms. The van der Waals surface area contributed by atoms with Gasteiger partial charge in [0.1, 0.15) is 0 Å². The third-order valence-electron chi connectivity index (χ3n) is 7.55. The number of anilines is 2. The fourth-order valence-electron chi connectivity index (χ4n) is 4.98. The molecule has 9 heteroatoms. The van der Waals surface area contributed by atoms with Gasteiger partial charge in [-0.3, -0.25) is 19.2 Å². The minimum Gasteiger partial charge on any atom is -0.366 e. The molecule has 4 amide bonds. The van der Waals surface area contributed by atoms with Crippen LogP contribution in [0, 0.1) is 6.92 Å². The van der Waals surface area contributed by atoms with E-state index in [4.69, 9.17) is 5.73 Å². The van der Waals surface area contributed by atoms with Crippen molar-refractivity contribution < 1.29 is 19.2 Å². The van der Waals surface area contributed by atoms with Gasteiger partial charge in [0.15, 0.2) is 0 Å². The average molecular weight is 580 g/mol. The first-order valence-corrected chi connectivity index (χ1v) is 14.1. The number of likely N-dealkylation sites (N-methyl/N-ethyl adjacent to an activating group) is 1. The zero-order valence-electron chi connectivity index (χ0n) is 24.8. The summed E-state index contributed by atoms with van der Waals surface area (Å²) >= 11 is 0. The number of fused-ring (bicyclic) bond motifs is 1. The zero-order chi connectivity index (χ0) is 31.1. The van der Waals surface area contributed by atoms with Gasteiger partial charge < -0.3 is 26.2 Å². The van der Waals surface area contributed by atoms with Gasteiger partial charge in [0, 0.05) is 23.7 Å². The number of carbonyl (C=O) groups excluding carboxylic acids is 4. The number of aryl methyl sites for hydroxylation is 1. The molecule has 0 saturated carbocycles. The molecule has 222 valence electrons. The molecule has 0 bridgehead atoms. The predicted molar refractivity (Wildman–Crippen MR) is 170 cm³/mol. The Hall–Kier alpha value is -5.02. The Bertz CT molecular complexity index is 1640. The standard InChI is InChI=1S/C34H37N5O4/c1-22-13-14-25-9-5-6-10-28(25)29(22)20-38(21-40)30-11-7-8-12-31(30)39(19-23(2)37-33(42)24(3)36-4)34(43)27-17-15-26(16-18-27)32(35)41/h5-18,21,23-24,36H,19-20H2,1-4H3,(H2,35,41)(H,37,42)/t23?,24-/m0/s1. The summed E-state index contributed by atoms with van der Waals surface area (Å²) in [6.07, 6.45) is 0.768. The van der Waals surface area contributed by atoms with Gasteiger partial charge in [-0.15, -0.1) is 0 Å². The average Bonchev–Trinajstić information content (AvgIpc) is 3.02. The second kappa shape index (κ2) is 13.8. The van der Waals surface area contributed by atoms with E-state index in [-0.39, 0.29) is 30.5 Å². The second-order valence-corrected chi connectivity index (χ2v) is 10.6. The van der Waals surface area contributed by atoms with Gasteiger partial charge in [-0.1, -0.05) is 48.5 Å². The number of nitrogens with zero attached hydrogens (tertiary/aromatic N) is 2. The van der Waals surface area contributed by atoms with Crippen LogP contribution >= 0.6 is 0 Å². The molecular formula is C34H37N5O4. The first-order valence-electron chi connectivity index (χ1n) is 14.1. The summed E-state index contributed by atoms with van der Waals surface area (Å²) in [7, 11) is 1.70. The van der Waals surface area contributed by atoms with Crippen molar-refractivity contribution in [1.82, 2.24) is 10.6 Å². The molecular weight excluding hydrogens is 542 g/mol. The van der Waals surface area contributed by atoms with E-state index in [1.165, 1.54) is 12.1 Å². The van der Waals surface area contributed by atoms with Crippen LogP contribution < -0.4 is 26.2 Å². The minimum atomic E-state index is -0.596. The molecule has 0 spiro atoms. The fourth-order valence-corrected chi connectivity index (χ4v) is 4.98. The quantitative estimate of drug-likeness (QED) is 0.217. The van der Waals surface area contributed by atoms with Crippen LogP contribution in [0.3, 0.4) is 0 Å². The Morgan fingerprint density at radius 1 is 0.860 bits per heavy atom. The molecule has 0 aromatic heterocycles. The van der Waals surface area contributed by atoms with Gasteiger partial charge in [-0.25, -0.2) is 0 Å². The van der Waals surface area contributed by atoms with E-state index in [1.54, 1.807) is 54.1 Å². The van der Waals surface area contributed by atoms with Gasteiger partial charge in [0.05, 0.1) is 24.0 Å². The molecule has 0 aliphatic rings. The number of hydrogen-bond acceptors (Lipinski definition) is 5. The van der Waals surface area contributed by atoms with Crippen molar-refractivity contribution >= 4 is 46.3 Å². The lowest BCUT2D eigenvalue weighted by Crippen LogP contribution is -2.49. The summed E-state index contributed by atoms with van der Waals surface area (Å²) in [6, 6.07) is 24.5. The van der Waals surface area contributed by atoms with Crippen LogP contribution in [0.25, 0.3) is 10.8 Å². The van der Waals surface area contributed by atoms with E-state index >= 15 is 0 Å². The molecule has 1 unspecified atom stereocenters. The Balaban J connectivity index is 1.76. The molecule has 0 fully saturated rings. The number of nitrogens with two attached hydrogens (primary N) is 1. The van der Waals surface area contributed by atoms with Gasteiger partial charge >= 0.3 is 0 Å². The molecule has 0 radical (unpaired) electrons. The first kappa shape index (κ1) is 30.9. The van der Waals surface area contributed by atoms with Crippen molar-refractivity contribution in [3.8, 4) is 0 Å². The molecule has 0 aliphatic carbocycles. The minimum absolute atomic E-state index is 0.121. The highest BCUT2D eigenvalue weighted by molar-refractivity contribution is 6.09. The topological polar surface area (TPSA) is 125 Å². The molecule has 4 aromatic carbocycles. The SMILES string of the molecule is CN[C@@H](C)C(=O)NC(C)CN(C(=O)c1ccc(C(N)=O)cc1)c1ccccc1N(C=O)Cc1c(C)ccc2ccccc12. The summed E-state index contributed by atoms with van der Waals surface area (Å²) in [6.45, 7) is 5.98. The number of nitrogens with one attached hydrogen (secondary N) is 2. The molecule has 4 rings (SSSR count). The van der Waals surface area contributed by atoms with Crippen molar-refractivity contribution in [1.29, 1.82) is 0 Å². The lowest BCUT2D eigenvalue weighted by Gasteiger charge is -2.31. The van der Waals surface area contributed by atoms with Crippen molar-refractivity contribution in [2.24, 2.45) is 5.73 Å². The van der Waals surface area contributed by atoms with Crippen LogP contribution in [0.5, 0.6) is 0 Å². The van der Waals surface area contributed by atoms with Gasteiger partial charge in [-0.2, -0.15) is 0 Å². The molecule has 4 N–H and O–H groups in total. The largest absolute Gasteiger partial charge is 0.366 e. The Morgan fingerprint density at radius 2 is 1.49 bits per heavy atom. The smallest absolute Gasteiger partial charge is 0.258 e. The zero-order valence-corrected chi connectivity index (χ0v) is 24.8. The van der Waals surface area contributed by atoms with Crippen molar-refractivity contribution in [2.45, 2.75) is 39.4 Å². The Kier molecular flexibility index (Phi) is 9.90. The van der Waals surface area contributed by atoms with E-state index in [0.29, 0.717) is 16.9 Å².